The third kappa shape index (κ3) is 3.09. The van der Waals surface area contributed by atoms with E-state index in [9.17, 15) is 4.39 Å². The first-order valence-electron chi connectivity index (χ1n) is 7.05. The first-order chi connectivity index (χ1) is 10.2. The van der Waals surface area contributed by atoms with Crippen LogP contribution >= 0.6 is 0 Å². The van der Waals surface area contributed by atoms with Crippen LogP contribution in [0.5, 0.6) is 0 Å². The van der Waals surface area contributed by atoms with Crippen molar-refractivity contribution in [2.75, 3.05) is 0 Å². The lowest BCUT2D eigenvalue weighted by Gasteiger charge is -2.15. The van der Waals surface area contributed by atoms with Crippen molar-refractivity contribution in [3.63, 3.8) is 0 Å². The highest BCUT2D eigenvalue weighted by atomic mass is 19.1. The van der Waals surface area contributed by atoms with Crippen LogP contribution in [0.1, 0.15) is 24.1 Å². The molecule has 1 atom stereocenters. The molecule has 0 bridgehead atoms. The molecule has 3 rings (SSSR count). The number of rotatable bonds is 4. The van der Waals surface area contributed by atoms with Crippen LogP contribution in [-0.2, 0) is 6.54 Å². The van der Waals surface area contributed by atoms with Crippen molar-refractivity contribution in [3.05, 3.63) is 77.7 Å². The summed E-state index contributed by atoms with van der Waals surface area (Å²) in [6, 6.07) is 16.9. The van der Waals surface area contributed by atoms with Gasteiger partial charge < -0.3 is 5.32 Å². The Bertz CT molecular complexity index is 750. The van der Waals surface area contributed by atoms with Crippen molar-refractivity contribution in [1.82, 2.24) is 10.3 Å². The Kier molecular flexibility index (Phi) is 3.93. The molecular formula is C18H17FN2. The first kappa shape index (κ1) is 13.7. The second kappa shape index (κ2) is 6.02. The number of nitrogens with one attached hydrogen (secondary N) is 1. The molecule has 1 aromatic heterocycles. The summed E-state index contributed by atoms with van der Waals surface area (Å²) in [4.78, 5) is 4.36. The fourth-order valence-corrected chi connectivity index (χ4v) is 2.47. The van der Waals surface area contributed by atoms with Gasteiger partial charge in [-0.25, -0.2) is 4.39 Å². The van der Waals surface area contributed by atoms with Crippen LogP contribution in [0.25, 0.3) is 10.9 Å². The van der Waals surface area contributed by atoms with Gasteiger partial charge in [-0.15, -0.1) is 0 Å². The summed E-state index contributed by atoms with van der Waals surface area (Å²) < 4.78 is 13.3. The lowest BCUT2D eigenvalue weighted by molar-refractivity contribution is 0.566. The third-order valence-corrected chi connectivity index (χ3v) is 3.69. The van der Waals surface area contributed by atoms with Gasteiger partial charge in [0, 0.05) is 24.2 Å². The second-order valence-corrected chi connectivity index (χ2v) is 5.14. The molecule has 0 radical (unpaired) electrons. The van der Waals surface area contributed by atoms with Gasteiger partial charge in [0.1, 0.15) is 5.82 Å². The van der Waals surface area contributed by atoms with Gasteiger partial charge in [0.2, 0.25) is 0 Å². The summed E-state index contributed by atoms with van der Waals surface area (Å²) in [6.07, 6.45) is 1.83. The number of halogens is 1. The average molecular weight is 280 g/mol. The Morgan fingerprint density at radius 3 is 2.81 bits per heavy atom. The molecule has 0 fully saturated rings. The van der Waals surface area contributed by atoms with E-state index in [1.165, 1.54) is 11.6 Å². The third-order valence-electron chi connectivity index (χ3n) is 3.69. The van der Waals surface area contributed by atoms with E-state index < -0.39 is 0 Å². The Morgan fingerprint density at radius 1 is 1.10 bits per heavy atom. The van der Waals surface area contributed by atoms with Crippen LogP contribution in [0, 0.1) is 5.82 Å². The molecule has 2 aromatic carbocycles. The Labute approximate surface area is 123 Å². The molecule has 0 aliphatic heterocycles. The highest BCUT2D eigenvalue weighted by Crippen LogP contribution is 2.18. The Balaban J connectivity index is 1.77. The summed E-state index contributed by atoms with van der Waals surface area (Å²) in [5, 5.41) is 4.59. The smallest absolute Gasteiger partial charge is 0.123 e. The van der Waals surface area contributed by atoms with Gasteiger partial charge in [-0.3, -0.25) is 4.98 Å². The number of benzene rings is 2. The molecule has 21 heavy (non-hydrogen) atoms. The molecule has 1 N–H and O–H groups in total. The molecule has 106 valence electrons. The van der Waals surface area contributed by atoms with Gasteiger partial charge in [0.25, 0.3) is 0 Å². The van der Waals surface area contributed by atoms with Gasteiger partial charge >= 0.3 is 0 Å². The van der Waals surface area contributed by atoms with Gasteiger partial charge in [0.15, 0.2) is 0 Å². The van der Waals surface area contributed by atoms with Crippen LogP contribution in [0.15, 0.2) is 60.8 Å². The SMILES string of the molecule is C[C@@H](NCc1ccnc2ccccc12)c1cccc(F)c1. The largest absolute Gasteiger partial charge is 0.306 e. The van der Waals surface area contributed by atoms with Crippen LogP contribution in [0.4, 0.5) is 4.39 Å². The molecule has 0 spiro atoms. The minimum absolute atomic E-state index is 0.0904. The molecule has 0 aliphatic carbocycles. The number of hydrogen-bond acceptors (Lipinski definition) is 2. The molecule has 0 saturated carbocycles. The van der Waals surface area contributed by atoms with Crippen molar-refractivity contribution in [1.29, 1.82) is 0 Å². The molecule has 1 heterocycles. The van der Waals surface area contributed by atoms with Gasteiger partial charge in [-0.2, -0.15) is 0 Å². The standard InChI is InChI=1S/C18H17FN2/c1-13(14-5-4-6-16(19)11-14)21-12-15-9-10-20-18-8-3-2-7-17(15)18/h2-11,13,21H,12H2,1H3/t13-/m1/s1. The highest BCUT2D eigenvalue weighted by Gasteiger charge is 2.07. The predicted molar refractivity (Wildman–Crippen MR) is 83.4 cm³/mol. The molecule has 0 saturated heterocycles. The Morgan fingerprint density at radius 2 is 1.95 bits per heavy atom. The lowest BCUT2D eigenvalue weighted by atomic mass is 10.1. The average Bonchev–Trinajstić information content (AvgIpc) is 2.52. The maximum atomic E-state index is 13.3. The van der Waals surface area contributed by atoms with Gasteiger partial charge in [-0.1, -0.05) is 30.3 Å². The highest BCUT2D eigenvalue weighted by molar-refractivity contribution is 5.81. The summed E-state index contributed by atoms with van der Waals surface area (Å²) in [5.41, 5.74) is 3.15. The minimum atomic E-state index is -0.199. The maximum Gasteiger partial charge on any atom is 0.123 e. The quantitative estimate of drug-likeness (QED) is 0.773. The number of pyridine rings is 1. The monoisotopic (exact) mass is 280 g/mol. The zero-order valence-corrected chi connectivity index (χ0v) is 11.9. The summed E-state index contributed by atoms with van der Waals surface area (Å²) >= 11 is 0. The van der Waals surface area contributed by atoms with E-state index in [-0.39, 0.29) is 11.9 Å². The minimum Gasteiger partial charge on any atom is -0.306 e. The second-order valence-electron chi connectivity index (χ2n) is 5.14. The number of hydrogen-bond donors (Lipinski definition) is 1. The number of fused-ring (bicyclic) bond motifs is 1. The van der Waals surface area contributed by atoms with E-state index in [4.69, 9.17) is 0 Å². The lowest BCUT2D eigenvalue weighted by Crippen LogP contribution is -2.18. The molecule has 0 amide bonds. The van der Waals surface area contributed by atoms with Crippen molar-refractivity contribution < 1.29 is 4.39 Å². The number of para-hydroxylation sites is 1. The van der Waals surface area contributed by atoms with Crippen molar-refractivity contribution in [3.8, 4) is 0 Å². The fourth-order valence-electron chi connectivity index (χ4n) is 2.47. The predicted octanol–water partition coefficient (Wildman–Crippen LogP) is 4.22. The van der Waals surface area contributed by atoms with Crippen LogP contribution in [-0.4, -0.2) is 4.98 Å². The van der Waals surface area contributed by atoms with E-state index in [0.29, 0.717) is 0 Å². The summed E-state index contributed by atoms with van der Waals surface area (Å²) in [7, 11) is 0. The van der Waals surface area contributed by atoms with Crippen LogP contribution < -0.4 is 5.32 Å². The van der Waals surface area contributed by atoms with E-state index in [2.05, 4.69) is 16.4 Å². The summed E-state index contributed by atoms with van der Waals surface area (Å²) in [5.74, 6) is -0.199. The molecule has 2 nitrogen and oxygen atoms in total. The summed E-state index contributed by atoms with van der Waals surface area (Å²) in [6.45, 7) is 2.76. The van der Waals surface area contributed by atoms with Gasteiger partial charge in [-0.05, 0) is 42.3 Å². The van der Waals surface area contributed by atoms with E-state index >= 15 is 0 Å². The van der Waals surface area contributed by atoms with Gasteiger partial charge in [0.05, 0.1) is 5.52 Å². The zero-order chi connectivity index (χ0) is 14.7. The van der Waals surface area contributed by atoms with Crippen LogP contribution in [0.2, 0.25) is 0 Å². The molecule has 0 unspecified atom stereocenters. The topological polar surface area (TPSA) is 24.9 Å². The molecule has 3 heteroatoms. The number of nitrogens with zero attached hydrogens (tertiary/aromatic N) is 1. The van der Waals surface area contributed by atoms with E-state index in [1.807, 2.05) is 43.5 Å². The van der Waals surface area contributed by atoms with E-state index in [1.54, 1.807) is 12.1 Å². The molecule has 3 aromatic rings. The van der Waals surface area contributed by atoms with Crippen molar-refractivity contribution in [2.45, 2.75) is 19.5 Å². The van der Waals surface area contributed by atoms with Crippen molar-refractivity contribution in [2.24, 2.45) is 0 Å². The maximum absolute atomic E-state index is 13.3. The normalized spacial score (nSPS) is 12.5. The first-order valence-corrected chi connectivity index (χ1v) is 7.05. The van der Waals surface area contributed by atoms with E-state index in [0.717, 1.165) is 23.0 Å². The molecular weight excluding hydrogens is 263 g/mol. The number of aromatic nitrogens is 1. The van der Waals surface area contributed by atoms with Crippen LogP contribution in [0.3, 0.4) is 0 Å². The van der Waals surface area contributed by atoms with Crippen molar-refractivity contribution >= 4 is 10.9 Å². The fraction of sp³-hybridized carbons (Fsp3) is 0.167. The zero-order valence-electron chi connectivity index (χ0n) is 11.9. The molecule has 0 aliphatic rings. The Hall–Kier alpha value is -2.26.